The third kappa shape index (κ3) is 2.10. The van der Waals surface area contributed by atoms with E-state index in [9.17, 15) is 4.79 Å². The summed E-state index contributed by atoms with van der Waals surface area (Å²) in [4.78, 5) is 18.6. The van der Waals surface area contributed by atoms with Crippen LogP contribution in [-0.2, 0) is 0 Å². The van der Waals surface area contributed by atoms with Crippen LogP contribution >= 0.6 is 0 Å². The van der Waals surface area contributed by atoms with Crippen molar-refractivity contribution in [3.05, 3.63) is 29.7 Å². The SMILES string of the molecule is Cc1ccc2oc(C(=O)N3CCCC3CN)cc2n1. The maximum Gasteiger partial charge on any atom is 0.289 e. The molecule has 3 heterocycles. The summed E-state index contributed by atoms with van der Waals surface area (Å²) in [5, 5.41) is 0. The van der Waals surface area contributed by atoms with E-state index in [1.807, 2.05) is 24.0 Å². The van der Waals surface area contributed by atoms with Crippen molar-refractivity contribution in [2.45, 2.75) is 25.8 Å². The molecule has 0 bridgehead atoms. The van der Waals surface area contributed by atoms with Gasteiger partial charge in [0, 0.05) is 30.9 Å². The zero-order valence-electron chi connectivity index (χ0n) is 10.9. The van der Waals surface area contributed by atoms with Gasteiger partial charge in [-0.3, -0.25) is 4.79 Å². The third-order valence-electron chi connectivity index (χ3n) is 3.63. The van der Waals surface area contributed by atoms with E-state index in [0.29, 0.717) is 17.9 Å². The molecule has 0 spiro atoms. The molecule has 1 fully saturated rings. The van der Waals surface area contributed by atoms with Crippen LogP contribution < -0.4 is 5.73 Å². The third-order valence-corrected chi connectivity index (χ3v) is 3.63. The smallest absolute Gasteiger partial charge is 0.289 e. The minimum atomic E-state index is -0.0800. The van der Waals surface area contributed by atoms with Gasteiger partial charge in [-0.05, 0) is 31.9 Å². The lowest BCUT2D eigenvalue weighted by atomic mass is 10.2. The first-order valence-corrected chi connectivity index (χ1v) is 6.57. The van der Waals surface area contributed by atoms with Crippen molar-refractivity contribution in [3.8, 4) is 0 Å². The number of aryl methyl sites for hydroxylation is 1. The summed E-state index contributed by atoms with van der Waals surface area (Å²) >= 11 is 0. The van der Waals surface area contributed by atoms with Crippen LogP contribution in [-0.4, -0.2) is 34.9 Å². The molecule has 0 aromatic carbocycles. The summed E-state index contributed by atoms with van der Waals surface area (Å²) in [6.45, 7) is 3.17. The van der Waals surface area contributed by atoms with E-state index in [4.69, 9.17) is 10.2 Å². The number of hydrogen-bond donors (Lipinski definition) is 1. The van der Waals surface area contributed by atoms with Gasteiger partial charge in [0.2, 0.25) is 0 Å². The maximum atomic E-state index is 12.4. The Morgan fingerprint density at radius 2 is 2.42 bits per heavy atom. The second-order valence-corrected chi connectivity index (χ2v) is 4.98. The molecule has 1 unspecified atom stereocenters. The second-order valence-electron chi connectivity index (χ2n) is 4.98. The maximum absolute atomic E-state index is 12.4. The Morgan fingerprint density at radius 3 is 3.21 bits per heavy atom. The molecular formula is C14H17N3O2. The Kier molecular flexibility index (Phi) is 2.98. The highest BCUT2D eigenvalue weighted by molar-refractivity contribution is 5.95. The van der Waals surface area contributed by atoms with Gasteiger partial charge in [-0.1, -0.05) is 0 Å². The number of rotatable bonds is 2. The minimum absolute atomic E-state index is 0.0800. The zero-order chi connectivity index (χ0) is 13.4. The summed E-state index contributed by atoms with van der Waals surface area (Å²) in [5.41, 5.74) is 7.99. The number of nitrogens with zero attached hydrogens (tertiary/aromatic N) is 2. The normalized spacial score (nSPS) is 19.3. The number of amides is 1. The Bertz CT molecular complexity index is 620. The van der Waals surface area contributed by atoms with E-state index in [2.05, 4.69) is 4.98 Å². The average Bonchev–Trinajstić information content (AvgIpc) is 3.03. The van der Waals surface area contributed by atoms with Gasteiger partial charge in [-0.2, -0.15) is 0 Å². The van der Waals surface area contributed by atoms with Crippen LogP contribution in [0.15, 0.2) is 22.6 Å². The zero-order valence-corrected chi connectivity index (χ0v) is 10.9. The monoisotopic (exact) mass is 259 g/mol. The van der Waals surface area contributed by atoms with Crippen molar-refractivity contribution in [2.75, 3.05) is 13.1 Å². The van der Waals surface area contributed by atoms with E-state index in [0.717, 1.165) is 30.6 Å². The van der Waals surface area contributed by atoms with Gasteiger partial charge in [0.05, 0.1) is 0 Å². The molecule has 5 nitrogen and oxygen atoms in total. The number of furan rings is 1. The highest BCUT2D eigenvalue weighted by Gasteiger charge is 2.30. The van der Waals surface area contributed by atoms with Crippen LogP contribution in [0.25, 0.3) is 11.1 Å². The first kappa shape index (κ1) is 12.2. The molecule has 19 heavy (non-hydrogen) atoms. The lowest BCUT2D eigenvalue weighted by molar-refractivity contribution is 0.0711. The number of likely N-dealkylation sites (tertiary alicyclic amines) is 1. The topological polar surface area (TPSA) is 72.4 Å². The fraction of sp³-hybridized carbons (Fsp3) is 0.429. The molecule has 100 valence electrons. The molecule has 1 aliphatic heterocycles. The van der Waals surface area contributed by atoms with Crippen LogP contribution in [0.4, 0.5) is 0 Å². The lowest BCUT2D eigenvalue weighted by Gasteiger charge is -2.22. The van der Waals surface area contributed by atoms with Crippen molar-refractivity contribution in [3.63, 3.8) is 0 Å². The Hall–Kier alpha value is -1.88. The molecule has 2 aromatic heterocycles. The molecule has 0 radical (unpaired) electrons. The first-order chi connectivity index (χ1) is 9.19. The van der Waals surface area contributed by atoms with Crippen molar-refractivity contribution in [1.29, 1.82) is 0 Å². The largest absolute Gasteiger partial charge is 0.449 e. The van der Waals surface area contributed by atoms with Gasteiger partial charge in [-0.25, -0.2) is 4.98 Å². The minimum Gasteiger partial charge on any atom is -0.449 e. The molecule has 0 aliphatic carbocycles. The fourth-order valence-electron chi connectivity index (χ4n) is 2.62. The summed E-state index contributed by atoms with van der Waals surface area (Å²) in [5.74, 6) is 0.275. The number of nitrogens with two attached hydrogens (primary N) is 1. The Labute approximate surface area is 111 Å². The quantitative estimate of drug-likeness (QED) is 0.891. The number of hydrogen-bond acceptors (Lipinski definition) is 4. The summed E-state index contributed by atoms with van der Waals surface area (Å²) in [6.07, 6.45) is 1.98. The van der Waals surface area contributed by atoms with Crippen LogP contribution in [0.1, 0.15) is 29.1 Å². The van der Waals surface area contributed by atoms with E-state index >= 15 is 0 Å². The van der Waals surface area contributed by atoms with Gasteiger partial charge in [-0.15, -0.1) is 0 Å². The molecule has 3 rings (SSSR count). The predicted molar refractivity (Wildman–Crippen MR) is 71.9 cm³/mol. The molecule has 0 saturated carbocycles. The van der Waals surface area contributed by atoms with Crippen molar-refractivity contribution in [2.24, 2.45) is 5.73 Å². The predicted octanol–water partition coefficient (Wildman–Crippen LogP) is 1.70. The van der Waals surface area contributed by atoms with Gasteiger partial charge >= 0.3 is 0 Å². The van der Waals surface area contributed by atoms with Crippen LogP contribution in [0.2, 0.25) is 0 Å². The van der Waals surface area contributed by atoms with E-state index in [-0.39, 0.29) is 11.9 Å². The summed E-state index contributed by atoms with van der Waals surface area (Å²) in [6, 6.07) is 5.57. The number of carbonyl (C=O) groups excluding carboxylic acids is 1. The molecule has 2 N–H and O–H groups in total. The molecular weight excluding hydrogens is 242 g/mol. The van der Waals surface area contributed by atoms with E-state index < -0.39 is 0 Å². The van der Waals surface area contributed by atoms with Gasteiger partial charge in [0.25, 0.3) is 5.91 Å². The van der Waals surface area contributed by atoms with E-state index in [1.165, 1.54) is 0 Å². The lowest BCUT2D eigenvalue weighted by Crippen LogP contribution is -2.39. The van der Waals surface area contributed by atoms with Crippen LogP contribution in [0.3, 0.4) is 0 Å². The summed E-state index contributed by atoms with van der Waals surface area (Å²) in [7, 11) is 0. The first-order valence-electron chi connectivity index (χ1n) is 6.57. The van der Waals surface area contributed by atoms with Gasteiger partial charge in [0.15, 0.2) is 11.3 Å². The number of aromatic nitrogens is 1. The van der Waals surface area contributed by atoms with E-state index in [1.54, 1.807) is 6.07 Å². The Balaban J connectivity index is 1.93. The molecule has 1 atom stereocenters. The average molecular weight is 259 g/mol. The van der Waals surface area contributed by atoms with Crippen molar-refractivity contribution in [1.82, 2.24) is 9.88 Å². The van der Waals surface area contributed by atoms with Crippen molar-refractivity contribution < 1.29 is 9.21 Å². The van der Waals surface area contributed by atoms with Crippen LogP contribution in [0.5, 0.6) is 0 Å². The van der Waals surface area contributed by atoms with Crippen molar-refractivity contribution >= 4 is 17.0 Å². The van der Waals surface area contributed by atoms with Gasteiger partial charge < -0.3 is 15.1 Å². The molecule has 1 amide bonds. The second kappa shape index (κ2) is 4.66. The highest BCUT2D eigenvalue weighted by atomic mass is 16.3. The molecule has 5 heteroatoms. The highest BCUT2D eigenvalue weighted by Crippen LogP contribution is 2.23. The molecule has 1 aliphatic rings. The number of pyridine rings is 1. The van der Waals surface area contributed by atoms with Gasteiger partial charge in [0.1, 0.15) is 5.52 Å². The van der Waals surface area contributed by atoms with Crippen LogP contribution in [0, 0.1) is 6.92 Å². The fourth-order valence-corrected chi connectivity index (χ4v) is 2.62. The Morgan fingerprint density at radius 1 is 1.58 bits per heavy atom. The molecule has 1 saturated heterocycles. The molecule has 2 aromatic rings. The standard InChI is InChI=1S/C14H17N3O2/c1-9-4-5-12-11(16-9)7-13(19-12)14(18)17-6-2-3-10(17)8-15/h4-5,7,10H,2-3,6,8,15H2,1H3. The number of carbonyl (C=O) groups is 1. The summed E-state index contributed by atoms with van der Waals surface area (Å²) < 4.78 is 5.60. The number of fused-ring (bicyclic) bond motifs is 1.